The summed E-state index contributed by atoms with van der Waals surface area (Å²) in [4.78, 5) is 0. The predicted octanol–water partition coefficient (Wildman–Crippen LogP) is 2.81. The molecule has 0 fully saturated rings. The fourth-order valence-corrected chi connectivity index (χ4v) is 1.90. The van der Waals surface area contributed by atoms with Gasteiger partial charge < -0.3 is 14.0 Å². The number of aryl methyl sites for hydroxylation is 1. The van der Waals surface area contributed by atoms with Crippen LogP contribution < -0.4 is 9.47 Å². The summed E-state index contributed by atoms with van der Waals surface area (Å²) in [5, 5.41) is 3.88. The first-order valence-electron chi connectivity index (χ1n) is 5.65. The lowest BCUT2D eigenvalue weighted by atomic mass is 10.1. The summed E-state index contributed by atoms with van der Waals surface area (Å²) in [6, 6.07) is 5.90. The Morgan fingerprint density at radius 3 is 2.71 bits per heavy atom. The maximum absolute atomic E-state index is 5.65. The van der Waals surface area contributed by atoms with Gasteiger partial charge in [0.25, 0.3) is 0 Å². The highest BCUT2D eigenvalue weighted by Crippen LogP contribution is 2.34. The number of rotatable bonds is 1. The van der Waals surface area contributed by atoms with Gasteiger partial charge in [0.15, 0.2) is 11.5 Å². The number of fused-ring (bicyclic) bond motifs is 1. The Morgan fingerprint density at radius 1 is 1.12 bits per heavy atom. The van der Waals surface area contributed by atoms with Crippen LogP contribution in [0, 0.1) is 6.92 Å². The Balaban J connectivity index is 2.03. The highest BCUT2D eigenvalue weighted by atomic mass is 16.5. The van der Waals surface area contributed by atoms with Gasteiger partial charge in [0, 0.05) is 12.0 Å². The van der Waals surface area contributed by atoms with Gasteiger partial charge in [-0.25, -0.2) is 0 Å². The van der Waals surface area contributed by atoms with Crippen molar-refractivity contribution in [3.05, 3.63) is 30.2 Å². The summed E-state index contributed by atoms with van der Waals surface area (Å²) in [6.07, 6.45) is 2.56. The van der Waals surface area contributed by atoms with Crippen LogP contribution >= 0.6 is 0 Å². The Bertz CT molecular complexity index is 533. The third-order valence-electron chi connectivity index (χ3n) is 2.81. The van der Waals surface area contributed by atoms with E-state index >= 15 is 0 Å². The van der Waals surface area contributed by atoms with Gasteiger partial charge >= 0.3 is 0 Å². The van der Waals surface area contributed by atoms with E-state index in [1.54, 1.807) is 6.26 Å². The van der Waals surface area contributed by atoms with E-state index in [9.17, 15) is 0 Å². The van der Waals surface area contributed by atoms with Crippen molar-refractivity contribution in [2.75, 3.05) is 13.2 Å². The molecule has 0 radical (unpaired) electrons. The number of ether oxygens (including phenoxy) is 2. The largest absolute Gasteiger partial charge is 0.490 e. The quantitative estimate of drug-likeness (QED) is 0.757. The summed E-state index contributed by atoms with van der Waals surface area (Å²) < 4.78 is 16.2. The fourth-order valence-electron chi connectivity index (χ4n) is 1.90. The van der Waals surface area contributed by atoms with Crippen molar-refractivity contribution in [2.45, 2.75) is 13.3 Å². The zero-order valence-electron chi connectivity index (χ0n) is 9.60. The molecule has 0 saturated carbocycles. The first kappa shape index (κ1) is 10.2. The lowest BCUT2D eigenvalue weighted by Crippen LogP contribution is -1.97. The zero-order valence-corrected chi connectivity index (χ0v) is 9.60. The van der Waals surface area contributed by atoms with E-state index in [4.69, 9.17) is 14.0 Å². The molecule has 1 aromatic heterocycles. The molecule has 17 heavy (non-hydrogen) atoms. The average molecular weight is 231 g/mol. The summed E-state index contributed by atoms with van der Waals surface area (Å²) >= 11 is 0. The zero-order chi connectivity index (χ0) is 11.7. The van der Waals surface area contributed by atoms with E-state index in [1.165, 1.54) is 0 Å². The van der Waals surface area contributed by atoms with Crippen LogP contribution in [0.2, 0.25) is 0 Å². The van der Waals surface area contributed by atoms with Crippen LogP contribution in [-0.4, -0.2) is 18.4 Å². The maximum atomic E-state index is 5.65. The first-order valence-corrected chi connectivity index (χ1v) is 5.65. The second-order valence-corrected chi connectivity index (χ2v) is 4.03. The van der Waals surface area contributed by atoms with Crippen LogP contribution in [0.3, 0.4) is 0 Å². The first-order chi connectivity index (χ1) is 8.34. The molecule has 0 unspecified atom stereocenters. The SMILES string of the molecule is Cc1nocc1-c1ccc2c(c1)OCCCO2. The molecule has 0 aliphatic carbocycles. The molecule has 0 spiro atoms. The monoisotopic (exact) mass is 231 g/mol. The van der Waals surface area contributed by atoms with Crippen molar-refractivity contribution in [3.8, 4) is 22.6 Å². The molecular formula is C13H13NO3. The summed E-state index contributed by atoms with van der Waals surface area (Å²) in [5.74, 6) is 1.60. The van der Waals surface area contributed by atoms with Gasteiger partial charge in [-0.05, 0) is 24.6 Å². The topological polar surface area (TPSA) is 44.5 Å². The van der Waals surface area contributed by atoms with Crippen LogP contribution in [0.4, 0.5) is 0 Å². The molecule has 1 aromatic carbocycles. The van der Waals surface area contributed by atoms with E-state index in [0.717, 1.165) is 34.7 Å². The molecule has 88 valence electrons. The molecule has 0 atom stereocenters. The van der Waals surface area contributed by atoms with Gasteiger partial charge in [0.1, 0.15) is 6.26 Å². The Hall–Kier alpha value is -1.97. The van der Waals surface area contributed by atoms with E-state index in [1.807, 2.05) is 25.1 Å². The second-order valence-electron chi connectivity index (χ2n) is 4.03. The molecule has 2 aromatic rings. The lowest BCUT2D eigenvalue weighted by molar-refractivity contribution is 0.297. The molecule has 0 bridgehead atoms. The lowest BCUT2D eigenvalue weighted by Gasteiger charge is -2.08. The summed E-state index contributed by atoms with van der Waals surface area (Å²) in [5.41, 5.74) is 2.90. The van der Waals surface area contributed by atoms with Crippen LogP contribution in [0.1, 0.15) is 12.1 Å². The number of hydrogen-bond acceptors (Lipinski definition) is 4. The summed E-state index contributed by atoms with van der Waals surface area (Å²) in [6.45, 7) is 3.32. The van der Waals surface area contributed by atoms with Crippen molar-refractivity contribution in [2.24, 2.45) is 0 Å². The van der Waals surface area contributed by atoms with Crippen LogP contribution in [0.25, 0.3) is 11.1 Å². The van der Waals surface area contributed by atoms with Gasteiger partial charge in [-0.15, -0.1) is 0 Å². The molecule has 0 amide bonds. The molecule has 2 heterocycles. The number of hydrogen-bond donors (Lipinski definition) is 0. The minimum atomic E-state index is 0.694. The van der Waals surface area contributed by atoms with E-state index in [0.29, 0.717) is 13.2 Å². The van der Waals surface area contributed by atoms with Crippen LogP contribution in [-0.2, 0) is 0 Å². The van der Waals surface area contributed by atoms with Crippen molar-refractivity contribution in [1.82, 2.24) is 5.16 Å². The van der Waals surface area contributed by atoms with Crippen molar-refractivity contribution < 1.29 is 14.0 Å². The smallest absolute Gasteiger partial charge is 0.161 e. The third kappa shape index (κ3) is 1.86. The van der Waals surface area contributed by atoms with E-state index in [2.05, 4.69) is 5.16 Å². The van der Waals surface area contributed by atoms with Gasteiger partial charge in [0.2, 0.25) is 0 Å². The fraction of sp³-hybridized carbons (Fsp3) is 0.308. The molecule has 4 nitrogen and oxygen atoms in total. The second kappa shape index (κ2) is 4.13. The van der Waals surface area contributed by atoms with Gasteiger partial charge in [-0.2, -0.15) is 0 Å². The minimum absolute atomic E-state index is 0.694. The molecular weight excluding hydrogens is 218 g/mol. The number of aromatic nitrogens is 1. The Kier molecular flexibility index (Phi) is 2.48. The van der Waals surface area contributed by atoms with Crippen molar-refractivity contribution in [1.29, 1.82) is 0 Å². The number of benzene rings is 1. The molecule has 0 saturated heterocycles. The highest BCUT2D eigenvalue weighted by Gasteiger charge is 2.13. The Morgan fingerprint density at radius 2 is 1.94 bits per heavy atom. The van der Waals surface area contributed by atoms with Gasteiger partial charge in [-0.1, -0.05) is 11.2 Å². The maximum Gasteiger partial charge on any atom is 0.161 e. The van der Waals surface area contributed by atoms with Crippen molar-refractivity contribution >= 4 is 0 Å². The Labute approximate surface area is 99.1 Å². The molecule has 1 aliphatic rings. The number of nitrogens with zero attached hydrogens (tertiary/aromatic N) is 1. The summed E-state index contributed by atoms with van der Waals surface area (Å²) in [7, 11) is 0. The molecule has 1 aliphatic heterocycles. The predicted molar refractivity (Wildman–Crippen MR) is 62.3 cm³/mol. The molecule has 4 heteroatoms. The van der Waals surface area contributed by atoms with Gasteiger partial charge in [0.05, 0.1) is 18.9 Å². The normalized spacial score (nSPS) is 14.4. The van der Waals surface area contributed by atoms with Crippen LogP contribution in [0.15, 0.2) is 29.0 Å². The molecule has 0 N–H and O–H groups in total. The van der Waals surface area contributed by atoms with E-state index < -0.39 is 0 Å². The minimum Gasteiger partial charge on any atom is -0.490 e. The van der Waals surface area contributed by atoms with Crippen molar-refractivity contribution in [3.63, 3.8) is 0 Å². The van der Waals surface area contributed by atoms with Gasteiger partial charge in [-0.3, -0.25) is 0 Å². The standard InChI is InChI=1S/C13H13NO3/c1-9-11(8-17-14-9)10-3-4-12-13(7-10)16-6-2-5-15-12/h3-4,7-8H,2,5-6H2,1H3. The molecule has 3 rings (SSSR count). The third-order valence-corrected chi connectivity index (χ3v) is 2.81. The van der Waals surface area contributed by atoms with E-state index in [-0.39, 0.29) is 0 Å². The highest BCUT2D eigenvalue weighted by molar-refractivity contribution is 5.68. The van der Waals surface area contributed by atoms with Crippen LogP contribution in [0.5, 0.6) is 11.5 Å². The average Bonchev–Trinajstić information content (AvgIpc) is 2.64.